The summed E-state index contributed by atoms with van der Waals surface area (Å²) < 4.78 is 6.64. The standard InChI is InChI=1S/C10H11ClN2O2S/c1-5-7-9(12-6(4-11)13(7)2)16-8(5)10(14)15-3/h4H2,1-3H3. The van der Waals surface area contributed by atoms with Gasteiger partial charge in [-0.25, -0.2) is 9.78 Å². The number of thiophene rings is 1. The van der Waals surface area contributed by atoms with E-state index in [4.69, 9.17) is 16.3 Å². The van der Waals surface area contributed by atoms with E-state index in [1.54, 1.807) is 0 Å². The number of rotatable bonds is 2. The smallest absolute Gasteiger partial charge is 0.348 e. The Morgan fingerprint density at radius 3 is 2.81 bits per heavy atom. The van der Waals surface area contributed by atoms with Gasteiger partial charge in [0.25, 0.3) is 0 Å². The number of carbonyl (C=O) groups excluding carboxylic acids is 1. The number of alkyl halides is 1. The van der Waals surface area contributed by atoms with Crippen molar-refractivity contribution in [2.45, 2.75) is 12.8 Å². The van der Waals surface area contributed by atoms with Crippen molar-refractivity contribution in [2.75, 3.05) is 7.11 Å². The monoisotopic (exact) mass is 258 g/mol. The Hall–Kier alpha value is -1.07. The van der Waals surface area contributed by atoms with Gasteiger partial charge in [-0.15, -0.1) is 22.9 Å². The predicted molar refractivity (Wildman–Crippen MR) is 64.2 cm³/mol. The Kier molecular flexibility index (Phi) is 2.90. The molecule has 0 saturated heterocycles. The molecule has 16 heavy (non-hydrogen) atoms. The van der Waals surface area contributed by atoms with E-state index in [0.29, 0.717) is 10.8 Å². The first-order valence-corrected chi connectivity index (χ1v) is 6.04. The van der Waals surface area contributed by atoms with Crippen LogP contribution < -0.4 is 0 Å². The van der Waals surface area contributed by atoms with Crippen LogP contribution in [0.25, 0.3) is 10.3 Å². The third-order valence-electron chi connectivity index (χ3n) is 2.54. The molecule has 0 N–H and O–H groups in total. The zero-order valence-corrected chi connectivity index (χ0v) is 10.8. The molecule has 4 nitrogen and oxygen atoms in total. The van der Waals surface area contributed by atoms with Crippen molar-refractivity contribution >= 4 is 39.3 Å². The number of fused-ring (bicyclic) bond motifs is 1. The summed E-state index contributed by atoms with van der Waals surface area (Å²) in [5, 5.41) is 0. The Bertz CT molecular complexity index is 559. The quantitative estimate of drug-likeness (QED) is 0.614. The van der Waals surface area contributed by atoms with E-state index in [-0.39, 0.29) is 5.97 Å². The Labute approximate surface area is 102 Å². The van der Waals surface area contributed by atoms with Gasteiger partial charge in [0.1, 0.15) is 15.5 Å². The number of esters is 1. The van der Waals surface area contributed by atoms with Gasteiger partial charge in [0.05, 0.1) is 18.5 Å². The molecule has 0 atom stereocenters. The number of hydrogen-bond donors (Lipinski definition) is 0. The van der Waals surface area contributed by atoms with Crippen LogP contribution in [0.3, 0.4) is 0 Å². The van der Waals surface area contributed by atoms with Crippen LogP contribution in [0.5, 0.6) is 0 Å². The fourth-order valence-electron chi connectivity index (χ4n) is 1.69. The lowest BCUT2D eigenvalue weighted by atomic mass is 10.2. The first-order valence-electron chi connectivity index (χ1n) is 4.69. The maximum atomic E-state index is 11.5. The van der Waals surface area contributed by atoms with Gasteiger partial charge in [-0.3, -0.25) is 0 Å². The molecule has 0 radical (unpaired) electrons. The highest BCUT2D eigenvalue weighted by Crippen LogP contribution is 2.31. The van der Waals surface area contributed by atoms with Gasteiger partial charge in [0, 0.05) is 12.6 Å². The van der Waals surface area contributed by atoms with E-state index in [2.05, 4.69) is 4.98 Å². The van der Waals surface area contributed by atoms with Crippen LogP contribution in [0.1, 0.15) is 21.1 Å². The van der Waals surface area contributed by atoms with Crippen LogP contribution in [0, 0.1) is 6.92 Å². The highest BCUT2D eigenvalue weighted by molar-refractivity contribution is 7.20. The average molecular weight is 259 g/mol. The molecule has 0 amide bonds. The van der Waals surface area contributed by atoms with E-state index in [0.717, 1.165) is 21.7 Å². The highest BCUT2D eigenvalue weighted by atomic mass is 35.5. The molecule has 2 rings (SSSR count). The topological polar surface area (TPSA) is 44.1 Å². The van der Waals surface area contributed by atoms with Crippen LogP contribution in [-0.4, -0.2) is 22.6 Å². The van der Waals surface area contributed by atoms with E-state index in [9.17, 15) is 4.79 Å². The van der Waals surface area contributed by atoms with Crippen molar-refractivity contribution in [3.05, 3.63) is 16.3 Å². The van der Waals surface area contributed by atoms with Gasteiger partial charge in [-0.05, 0) is 6.92 Å². The maximum absolute atomic E-state index is 11.5. The maximum Gasteiger partial charge on any atom is 0.348 e. The lowest BCUT2D eigenvalue weighted by Gasteiger charge is -2.00. The summed E-state index contributed by atoms with van der Waals surface area (Å²) >= 11 is 7.11. The second-order valence-corrected chi connectivity index (χ2v) is 4.69. The van der Waals surface area contributed by atoms with Gasteiger partial charge in [0.2, 0.25) is 0 Å². The average Bonchev–Trinajstić information content (AvgIpc) is 2.76. The van der Waals surface area contributed by atoms with Crippen LogP contribution >= 0.6 is 22.9 Å². The summed E-state index contributed by atoms with van der Waals surface area (Å²) in [7, 11) is 3.28. The molecule has 2 aromatic rings. The summed E-state index contributed by atoms with van der Waals surface area (Å²) in [6.07, 6.45) is 0. The molecule has 0 bridgehead atoms. The first-order chi connectivity index (χ1) is 7.60. The Morgan fingerprint density at radius 2 is 2.31 bits per heavy atom. The zero-order valence-electron chi connectivity index (χ0n) is 9.20. The van der Waals surface area contributed by atoms with Crippen LogP contribution in [0.2, 0.25) is 0 Å². The molecule has 0 aliphatic heterocycles. The lowest BCUT2D eigenvalue weighted by Crippen LogP contribution is -2.01. The molecular formula is C10H11ClN2O2S. The molecule has 0 aliphatic rings. The minimum absolute atomic E-state index is 0.312. The van der Waals surface area contributed by atoms with E-state index >= 15 is 0 Å². The number of aryl methyl sites for hydroxylation is 2. The minimum atomic E-state index is -0.312. The van der Waals surface area contributed by atoms with Crippen molar-refractivity contribution in [1.29, 1.82) is 0 Å². The number of methoxy groups -OCH3 is 1. The van der Waals surface area contributed by atoms with Crippen LogP contribution in [0.15, 0.2) is 0 Å². The zero-order chi connectivity index (χ0) is 11.9. The molecule has 2 heterocycles. The fraction of sp³-hybridized carbons (Fsp3) is 0.400. The lowest BCUT2D eigenvalue weighted by molar-refractivity contribution is 0.0605. The molecule has 0 aliphatic carbocycles. The SMILES string of the molecule is COC(=O)c1sc2nc(CCl)n(C)c2c1C. The molecule has 0 saturated carbocycles. The van der Waals surface area contributed by atoms with Gasteiger partial charge in [-0.1, -0.05) is 0 Å². The number of nitrogens with zero attached hydrogens (tertiary/aromatic N) is 2. The molecule has 86 valence electrons. The van der Waals surface area contributed by atoms with Crippen molar-refractivity contribution in [3.63, 3.8) is 0 Å². The van der Waals surface area contributed by atoms with E-state index in [1.807, 2.05) is 18.5 Å². The summed E-state index contributed by atoms with van der Waals surface area (Å²) in [5.74, 6) is 0.862. The Morgan fingerprint density at radius 1 is 1.62 bits per heavy atom. The van der Waals surface area contributed by atoms with Gasteiger partial charge in [0.15, 0.2) is 0 Å². The molecular weight excluding hydrogens is 248 g/mol. The number of carbonyl (C=O) groups is 1. The Balaban J connectivity index is 2.67. The normalized spacial score (nSPS) is 11.0. The van der Waals surface area contributed by atoms with Crippen molar-refractivity contribution in [1.82, 2.24) is 9.55 Å². The number of imidazole rings is 1. The van der Waals surface area contributed by atoms with Gasteiger partial charge < -0.3 is 9.30 Å². The third-order valence-corrected chi connectivity index (χ3v) is 3.93. The number of hydrogen-bond acceptors (Lipinski definition) is 4. The van der Waals surface area contributed by atoms with Gasteiger partial charge >= 0.3 is 5.97 Å². The van der Waals surface area contributed by atoms with E-state index in [1.165, 1.54) is 18.4 Å². The molecule has 6 heteroatoms. The molecule has 0 unspecified atom stereocenters. The highest BCUT2D eigenvalue weighted by Gasteiger charge is 2.20. The molecule has 0 fully saturated rings. The number of aromatic nitrogens is 2. The molecule has 0 aromatic carbocycles. The number of halogens is 1. The minimum Gasteiger partial charge on any atom is -0.465 e. The van der Waals surface area contributed by atoms with Crippen molar-refractivity contribution < 1.29 is 9.53 Å². The van der Waals surface area contributed by atoms with Crippen molar-refractivity contribution in [2.24, 2.45) is 7.05 Å². The predicted octanol–water partition coefficient (Wildman–Crippen LogP) is 2.47. The summed E-state index contributed by atoms with van der Waals surface area (Å²) in [6, 6.07) is 0. The van der Waals surface area contributed by atoms with Crippen molar-refractivity contribution in [3.8, 4) is 0 Å². The largest absolute Gasteiger partial charge is 0.465 e. The molecule has 2 aromatic heterocycles. The fourth-order valence-corrected chi connectivity index (χ4v) is 3.08. The van der Waals surface area contributed by atoms with Crippen LogP contribution in [-0.2, 0) is 17.7 Å². The first kappa shape index (κ1) is 11.4. The molecule has 0 spiro atoms. The number of ether oxygens (including phenoxy) is 1. The summed E-state index contributed by atoms with van der Waals surface area (Å²) in [6.45, 7) is 1.89. The second kappa shape index (κ2) is 4.07. The van der Waals surface area contributed by atoms with Crippen LogP contribution in [0.4, 0.5) is 0 Å². The summed E-state index contributed by atoms with van der Waals surface area (Å²) in [5.41, 5.74) is 1.86. The summed E-state index contributed by atoms with van der Waals surface area (Å²) in [4.78, 5) is 17.3. The van der Waals surface area contributed by atoms with E-state index < -0.39 is 0 Å². The van der Waals surface area contributed by atoms with Gasteiger partial charge in [-0.2, -0.15) is 0 Å². The second-order valence-electron chi connectivity index (χ2n) is 3.42. The third kappa shape index (κ3) is 1.51.